The molecule has 0 amide bonds. The second-order valence-corrected chi connectivity index (χ2v) is 4.19. The topological polar surface area (TPSA) is 33.0 Å². The number of hydrogen-bond acceptors (Lipinski definition) is 2. The first-order chi connectivity index (χ1) is 5.85. The van der Waals surface area contributed by atoms with Gasteiger partial charge in [-0.15, -0.1) is 0 Å². The van der Waals surface area contributed by atoms with E-state index in [0.717, 1.165) is 13.0 Å². The minimum atomic E-state index is 0.237. The summed E-state index contributed by atoms with van der Waals surface area (Å²) in [6.07, 6.45) is 7.30. The lowest BCUT2D eigenvalue weighted by Gasteiger charge is -2.46. The standard InChI is InChI=1S/C10H15NO/c11-7-3-9-2-6-10(8-12-9)4-1-5-10/h9H,1-6,8H2. The molecule has 0 bridgehead atoms. The molecule has 2 aliphatic rings. The van der Waals surface area contributed by atoms with Crippen molar-refractivity contribution in [3.8, 4) is 6.07 Å². The molecule has 66 valence electrons. The number of nitrogens with zero attached hydrogens (tertiary/aromatic N) is 1. The maximum atomic E-state index is 8.49. The smallest absolute Gasteiger partial charge is 0.0705 e. The normalized spacial score (nSPS) is 32.4. The summed E-state index contributed by atoms with van der Waals surface area (Å²) in [4.78, 5) is 0. The maximum Gasteiger partial charge on any atom is 0.0705 e. The zero-order valence-corrected chi connectivity index (χ0v) is 7.38. The van der Waals surface area contributed by atoms with Gasteiger partial charge in [-0.3, -0.25) is 0 Å². The summed E-state index contributed by atoms with van der Waals surface area (Å²) in [6.45, 7) is 0.916. The molecule has 1 heterocycles. The van der Waals surface area contributed by atoms with Crippen molar-refractivity contribution in [1.82, 2.24) is 0 Å². The average molecular weight is 165 g/mol. The molecule has 1 aliphatic carbocycles. The lowest BCUT2D eigenvalue weighted by molar-refractivity contribution is -0.0939. The van der Waals surface area contributed by atoms with E-state index in [1.54, 1.807) is 0 Å². The van der Waals surface area contributed by atoms with Crippen molar-refractivity contribution in [2.24, 2.45) is 5.41 Å². The van der Waals surface area contributed by atoms with E-state index < -0.39 is 0 Å². The molecule has 0 aromatic heterocycles. The molecule has 1 unspecified atom stereocenters. The van der Waals surface area contributed by atoms with Crippen LogP contribution in [-0.4, -0.2) is 12.7 Å². The highest BCUT2D eigenvalue weighted by molar-refractivity contribution is 4.92. The van der Waals surface area contributed by atoms with Gasteiger partial charge in [0.15, 0.2) is 0 Å². The average Bonchev–Trinajstić information content (AvgIpc) is 2.04. The second kappa shape index (κ2) is 3.06. The van der Waals surface area contributed by atoms with Crippen LogP contribution in [0.5, 0.6) is 0 Å². The van der Waals surface area contributed by atoms with Gasteiger partial charge in [-0.2, -0.15) is 5.26 Å². The third-order valence-corrected chi connectivity index (χ3v) is 3.36. The zero-order chi connectivity index (χ0) is 8.44. The van der Waals surface area contributed by atoms with Gasteiger partial charge < -0.3 is 4.74 Å². The molecular weight excluding hydrogens is 150 g/mol. The minimum absolute atomic E-state index is 0.237. The molecule has 1 saturated carbocycles. The number of rotatable bonds is 1. The Morgan fingerprint density at radius 2 is 2.25 bits per heavy atom. The fourth-order valence-corrected chi connectivity index (χ4v) is 2.25. The monoisotopic (exact) mass is 165 g/mol. The molecule has 0 aromatic rings. The molecule has 0 N–H and O–H groups in total. The van der Waals surface area contributed by atoms with Crippen LogP contribution in [0.25, 0.3) is 0 Å². The molecule has 1 atom stereocenters. The Morgan fingerprint density at radius 1 is 1.42 bits per heavy atom. The SMILES string of the molecule is N#CCC1CCC2(CCC2)CO1. The molecule has 2 nitrogen and oxygen atoms in total. The lowest BCUT2D eigenvalue weighted by Crippen LogP contribution is -2.40. The first-order valence-corrected chi connectivity index (χ1v) is 4.83. The Hall–Kier alpha value is -0.550. The van der Waals surface area contributed by atoms with Crippen LogP contribution in [0, 0.1) is 16.7 Å². The predicted octanol–water partition coefficient (Wildman–Crippen LogP) is 2.25. The van der Waals surface area contributed by atoms with Gasteiger partial charge in [0, 0.05) is 0 Å². The van der Waals surface area contributed by atoms with Gasteiger partial charge in [-0.25, -0.2) is 0 Å². The summed E-state index contributed by atoms with van der Waals surface area (Å²) >= 11 is 0. The lowest BCUT2D eigenvalue weighted by atomic mass is 9.65. The predicted molar refractivity (Wildman–Crippen MR) is 45.5 cm³/mol. The number of hydrogen-bond donors (Lipinski definition) is 0. The van der Waals surface area contributed by atoms with E-state index in [0.29, 0.717) is 11.8 Å². The van der Waals surface area contributed by atoms with E-state index in [4.69, 9.17) is 10.00 Å². The van der Waals surface area contributed by atoms with Crippen molar-refractivity contribution in [2.75, 3.05) is 6.61 Å². The van der Waals surface area contributed by atoms with Crippen molar-refractivity contribution < 1.29 is 4.74 Å². The van der Waals surface area contributed by atoms with Crippen LogP contribution in [-0.2, 0) is 4.74 Å². The van der Waals surface area contributed by atoms with Gasteiger partial charge in [0.1, 0.15) is 0 Å². The first-order valence-electron chi connectivity index (χ1n) is 4.83. The number of ether oxygens (including phenoxy) is 1. The van der Waals surface area contributed by atoms with E-state index in [2.05, 4.69) is 6.07 Å². The van der Waals surface area contributed by atoms with Crippen LogP contribution in [0.3, 0.4) is 0 Å². The molecule has 0 radical (unpaired) electrons. The van der Waals surface area contributed by atoms with E-state index >= 15 is 0 Å². The van der Waals surface area contributed by atoms with Gasteiger partial charge in [0.25, 0.3) is 0 Å². The minimum Gasteiger partial charge on any atom is -0.377 e. The molecule has 2 fully saturated rings. The molecule has 1 aliphatic heterocycles. The van der Waals surface area contributed by atoms with E-state index in [1.807, 2.05) is 0 Å². The van der Waals surface area contributed by atoms with E-state index in [1.165, 1.54) is 25.7 Å². The van der Waals surface area contributed by atoms with E-state index in [-0.39, 0.29) is 6.10 Å². The molecule has 2 rings (SSSR count). The summed E-state index contributed by atoms with van der Waals surface area (Å²) < 4.78 is 5.65. The second-order valence-electron chi connectivity index (χ2n) is 4.19. The molecule has 1 spiro atoms. The Bertz CT molecular complexity index is 192. The van der Waals surface area contributed by atoms with Crippen LogP contribution in [0.4, 0.5) is 0 Å². The highest BCUT2D eigenvalue weighted by Crippen LogP contribution is 2.47. The summed E-state index contributed by atoms with van der Waals surface area (Å²) in [5.74, 6) is 0. The van der Waals surface area contributed by atoms with E-state index in [9.17, 15) is 0 Å². The highest BCUT2D eigenvalue weighted by Gasteiger charge is 2.40. The van der Waals surface area contributed by atoms with Gasteiger partial charge in [0.05, 0.1) is 25.2 Å². The van der Waals surface area contributed by atoms with Crippen molar-refractivity contribution in [1.29, 1.82) is 5.26 Å². The number of nitriles is 1. The van der Waals surface area contributed by atoms with Crippen LogP contribution in [0.2, 0.25) is 0 Å². The van der Waals surface area contributed by atoms with Gasteiger partial charge in [-0.05, 0) is 31.1 Å². The Kier molecular flexibility index (Phi) is 2.06. The summed E-state index contributed by atoms with van der Waals surface area (Å²) in [5, 5.41) is 8.49. The van der Waals surface area contributed by atoms with Crippen LogP contribution in [0.1, 0.15) is 38.5 Å². The van der Waals surface area contributed by atoms with Crippen molar-refractivity contribution in [3.63, 3.8) is 0 Å². The molecular formula is C10H15NO. The van der Waals surface area contributed by atoms with Crippen molar-refractivity contribution in [3.05, 3.63) is 0 Å². The van der Waals surface area contributed by atoms with Gasteiger partial charge in [0.2, 0.25) is 0 Å². The third-order valence-electron chi connectivity index (χ3n) is 3.36. The van der Waals surface area contributed by atoms with Crippen molar-refractivity contribution >= 4 is 0 Å². The maximum absolute atomic E-state index is 8.49. The van der Waals surface area contributed by atoms with Gasteiger partial charge >= 0.3 is 0 Å². The molecule has 1 saturated heterocycles. The zero-order valence-electron chi connectivity index (χ0n) is 7.38. The Labute approximate surface area is 73.5 Å². The van der Waals surface area contributed by atoms with Crippen LogP contribution in [0.15, 0.2) is 0 Å². The third kappa shape index (κ3) is 1.34. The van der Waals surface area contributed by atoms with Crippen molar-refractivity contribution in [2.45, 2.75) is 44.6 Å². The van der Waals surface area contributed by atoms with Gasteiger partial charge in [-0.1, -0.05) is 6.42 Å². The fourth-order valence-electron chi connectivity index (χ4n) is 2.25. The summed E-state index contributed by atoms with van der Waals surface area (Å²) in [5.41, 5.74) is 0.548. The largest absolute Gasteiger partial charge is 0.377 e. The summed E-state index contributed by atoms with van der Waals surface area (Å²) in [6, 6.07) is 2.18. The Morgan fingerprint density at radius 3 is 2.67 bits per heavy atom. The highest BCUT2D eigenvalue weighted by atomic mass is 16.5. The van der Waals surface area contributed by atoms with Crippen LogP contribution >= 0.6 is 0 Å². The Balaban J connectivity index is 1.81. The quantitative estimate of drug-likeness (QED) is 0.597. The molecule has 2 heteroatoms. The van der Waals surface area contributed by atoms with Crippen LogP contribution < -0.4 is 0 Å². The fraction of sp³-hybridized carbons (Fsp3) is 0.900. The first kappa shape index (κ1) is 8.07. The molecule has 0 aromatic carbocycles. The molecule has 12 heavy (non-hydrogen) atoms. The summed E-state index contributed by atoms with van der Waals surface area (Å²) in [7, 11) is 0.